The molecule has 0 saturated heterocycles. The number of hydrogen-bond donors (Lipinski definition) is 1. The second-order valence-electron chi connectivity index (χ2n) is 4.36. The van der Waals surface area contributed by atoms with Gasteiger partial charge in [0, 0.05) is 5.92 Å². The van der Waals surface area contributed by atoms with Crippen molar-refractivity contribution in [2.24, 2.45) is 0 Å². The highest BCUT2D eigenvalue weighted by molar-refractivity contribution is 5.75. The van der Waals surface area contributed by atoms with Crippen LogP contribution in [0.15, 0.2) is 12.1 Å². The van der Waals surface area contributed by atoms with Gasteiger partial charge in [-0.25, -0.2) is 13.8 Å². The van der Waals surface area contributed by atoms with Crippen molar-refractivity contribution >= 4 is 11.0 Å². The van der Waals surface area contributed by atoms with Gasteiger partial charge < -0.3 is 4.98 Å². The maximum atomic E-state index is 13.4. The summed E-state index contributed by atoms with van der Waals surface area (Å²) in [4.78, 5) is 7.27. The van der Waals surface area contributed by atoms with Gasteiger partial charge in [0.25, 0.3) is 0 Å². The Kier molecular flexibility index (Phi) is 2.16. The molecule has 84 valence electrons. The molecular weight excluding hydrogens is 210 g/mol. The molecule has 4 heteroatoms. The monoisotopic (exact) mass is 222 g/mol. The van der Waals surface area contributed by atoms with E-state index in [2.05, 4.69) is 9.97 Å². The van der Waals surface area contributed by atoms with Crippen molar-refractivity contribution in [3.8, 4) is 0 Å². The number of rotatable bonds is 1. The van der Waals surface area contributed by atoms with Crippen LogP contribution in [0.5, 0.6) is 0 Å². The van der Waals surface area contributed by atoms with Crippen LogP contribution in [-0.4, -0.2) is 9.97 Å². The molecule has 1 aliphatic carbocycles. The molecule has 0 unspecified atom stereocenters. The molecule has 1 N–H and O–H groups in total. The summed E-state index contributed by atoms with van der Waals surface area (Å²) in [5, 5.41) is 0. The predicted molar refractivity (Wildman–Crippen MR) is 57.2 cm³/mol. The number of H-pyrrole nitrogens is 1. The molecule has 3 rings (SSSR count). The molecule has 0 aliphatic heterocycles. The molecule has 0 amide bonds. The minimum absolute atomic E-state index is 0.127. The Morgan fingerprint density at radius 1 is 1.19 bits per heavy atom. The summed E-state index contributed by atoms with van der Waals surface area (Å²) >= 11 is 0. The number of nitrogens with one attached hydrogen (secondary N) is 1. The number of fused-ring (bicyclic) bond motifs is 1. The van der Waals surface area contributed by atoms with Gasteiger partial charge in [0.2, 0.25) is 0 Å². The molecule has 0 spiro atoms. The van der Waals surface area contributed by atoms with Gasteiger partial charge in [-0.2, -0.15) is 0 Å². The van der Waals surface area contributed by atoms with Crippen LogP contribution in [0.1, 0.15) is 37.4 Å². The number of aromatic amines is 1. The van der Waals surface area contributed by atoms with Crippen LogP contribution in [0.2, 0.25) is 0 Å². The van der Waals surface area contributed by atoms with Crippen LogP contribution in [0.4, 0.5) is 8.78 Å². The van der Waals surface area contributed by atoms with Crippen LogP contribution in [0.25, 0.3) is 11.0 Å². The van der Waals surface area contributed by atoms with E-state index in [1.165, 1.54) is 12.8 Å². The van der Waals surface area contributed by atoms with Gasteiger partial charge in [-0.1, -0.05) is 12.8 Å². The van der Waals surface area contributed by atoms with E-state index < -0.39 is 11.6 Å². The van der Waals surface area contributed by atoms with Crippen molar-refractivity contribution in [1.82, 2.24) is 9.97 Å². The van der Waals surface area contributed by atoms with Crippen molar-refractivity contribution in [1.29, 1.82) is 0 Å². The number of halogens is 2. The summed E-state index contributed by atoms with van der Waals surface area (Å²) in [6.45, 7) is 0. The van der Waals surface area contributed by atoms with Gasteiger partial charge in [0.05, 0.1) is 5.52 Å². The molecule has 0 bridgehead atoms. The largest absolute Gasteiger partial charge is 0.342 e. The van der Waals surface area contributed by atoms with Gasteiger partial charge in [0.1, 0.15) is 11.3 Å². The van der Waals surface area contributed by atoms with Crippen molar-refractivity contribution < 1.29 is 8.78 Å². The van der Waals surface area contributed by atoms with Crippen molar-refractivity contribution in [2.75, 3.05) is 0 Å². The molecule has 1 heterocycles. The highest BCUT2D eigenvalue weighted by atomic mass is 19.2. The van der Waals surface area contributed by atoms with E-state index in [9.17, 15) is 8.78 Å². The average Bonchev–Trinajstić information content (AvgIpc) is 2.91. The van der Waals surface area contributed by atoms with Crippen LogP contribution >= 0.6 is 0 Å². The standard InChI is InChI=1S/C12H12F2N2/c13-8-5-6-9-11(10(8)14)16-12(15-9)7-3-1-2-4-7/h5-7H,1-4H2,(H,15,16). The zero-order chi connectivity index (χ0) is 11.1. The van der Waals surface area contributed by atoms with Gasteiger partial charge in [-0.3, -0.25) is 0 Å². The zero-order valence-corrected chi connectivity index (χ0v) is 8.76. The maximum Gasteiger partial charge on any atom is 0.186 e. The summed E-state index contributed by atoms with van der Waals surface area (Å²) < 4.78 is 26.4. The normalized spacial score (nSPS) is 17.4. The highest BCUT2D eigenvalue weighted by Crippen LogP contribution is 2.33. The third-order valence-electron chi connectivity index (χ3n) is 3.31. The second kappa shape index (κ2) is 3.54. The summed E-state index contributed by atoms with van der Waals surface area (Å²) in [5.74, 6) is -0.498. The first-order valence-electron chi connectivity index (χ1n) is 5.59. The van der Waals surface area contributed by atoms with E-state index in [1.807, 2.05) is 0 Å². The number of aromatic nitrogens is 2. The highest BCUT2D eigenvalue weighted by Gasteiger charge is 2.21. The summed E-state index contributed by atoms with van der Waals surface area (Å²) in [7, 11) is 0. The SMILES string of the molecule is Fc1ccc2[nH]c(C3CCCC3)nc2c1F. The van der Waals surface area contributed by atoms with E-state index in [1.54, 1.807) is 6.07 Å². The molecule has 1 saturated carbocycles. The minimum atomic E-state index is -0.849. The predicted octanol–water partition coefficient (Wildman–Crippen LogP) is 3.50. The van der Waals surface area contributed by atoms with E-state index in [0.717, 1.165) is 24.7 Å². The Morgan fingerprint density at radius 3 is 2.69 bits per heavy atom. The van der Waals surface area contributed by atoms with E-state index in [-0.39, 0.29) is 5.52 Å². The van der Waals surface area contributed by atoms with Gasteiger partial charge in [-0.15, -0.1) is 0 Å². The van der Waals surface area contributed by atoms with Crippen LogP contribution < -0.4 is 0 Å². The summed E-state index contributed by atoms with van der Waals surface area (Å²) in [6, 6.07) is 2.67. The average molecular weight is 222 g/mol. The fourth-order valence-electron chi connectivity index (χ4n) is 2.43. The molecule has 0 atom stereocenters. The number of benzene rings is 1. The van der Waals surface area contributed by atoms with Crippen molar-refractivity contribution in [3.63, 3.8) is 0 Å². The molecule has 16 heavy (non-hydrogen) atoms. The molecular formula is C12H12F2N2. The molecule has 1 aromatic heterocycles. The number of hydrogen-bond acceptors (Lipinski definition) is 1. The lowest BCUT2D eigenvalue weighted by atomic mass is 10.1. The quantitative estimate of drug-likeness (QED) is 0.786. The first kappa shape index (κ1) is 9.75. The second-order valence-corrected chi connectivity index (χ2v) is 4.36. The Hall–Kier alpha value is -1.45. The summed E-state index contributed by atoms with van der Waals surface area (Å²) in [6.07, 6.45) is 4.56. The van der Waals surface area contributed by atoms with Crippen LogP contribution in [-0.2, 0) is 0 Å². The fourth-order valence-corrected chi connectivity index (χ4v) is 2.43. The van der Waals surface area contributed by atoms with Crippen molar-refractivity contribution in [3.05, 3.63) is 29.6 Å². The Morgan fingerprint density at radius 2 is 1.94 bits per heavy atom. The lowest BCUT2D eigenvalue weighted by molar-refractivity contribution is 0.515. The van der Waals surface area contributed by atoms with Crippen molar-refractivity contribution in [2.45, 2.75) is 31.6 Å². The maximum absolute atomic E-state index is 13.4. The Balaban J connectivity index is 2.11. The Labute approximate surface area is 91.7 Å². The lowest BCUT2D eigenvalue weighted by Crippen LogP contribution is -1.94. The van der Waals surface area contributed by atoms with E-state index in [0.29, 0.717) is 11.4 Å². The first-order valence-corrected chi connectivity index (χ1v) is 5.59. The topological polar surface area (TPSA) is 28.7 Å². The van der Waals surface area contributed by atoms with Gasteiger partial charge >= 0.3 is 0 Å². The molecule has 2 nitrogen and oxygen atoms in total. The molecule has 1 fully saturated rings. The number of imidazole rings is 1. The van der Waals surface area contributed by atoms with E-state index >= 15 is 0 Å². The van der Waals surface area contributed by atoms with Gasteiger partial charge in [-0.05, 0) is 25.0 Å². The smallest absolute Gasteiger partial charge is 0.186 e. The van der Waals surface area contributed by atoms with Crippen LogP contribution in [0.3, 0.4) is 0 Å². The lowest BCUT2D eigenvalue weighted by Gasteiger charge is -2.02. The van der Waals surface area contributed by atoms with Crippen LogP contribution in [0, 0.1) is 11.6 Å². The van der Waals surface area contributed by atoms with E-state index in [4.69, 9.17) is 0 Å². The molecule has 2 aromatic rings. The third-order valence-corrected chi connectivity index (χ3v) is 3.31. The molecule has 0 radical (unpaired) electrons. The molecule has 1 aromatic carbocycles. The third kappa shape index (κ3) is 1.40. The first-order chi connectivity index (χ1) is 7.75. The zero-order valence-electron chi connectivity index (χ0n) is 8.76. The minimum Gasteiger partial charge on any atom is -0.342 e. The Bertz CT molecular complexity index is 527. The van der Waals surface area contributed by atoms with Gasteiger partial charge in [0.15, 0.2) is 11.6 Å². The summed E-state index contributed by atoms with van der Waals surface area (Å²) in [5.41, 5.74) is 0.711. The molecule has 1 aliphatic rings. The fraction of sp³-hybridized carbons (Fsp3) is 0.417. The number of nitrogens with zero attached hydrogens (tertiary/aromatic N) is 1.